The molecule has 0 radical (unpaired) electrons. The molecule has 5 nitrogen and oxygen atoms in total. The van der Waals surface area contributed by atoms with Crippen LogP contribution in [0.5, 0.6) is 0 Å². The van der Waals surface area contributed by atoms with E-state index >= 15 is 0 Å². The van der Waals surface area contributed by atoms with Gasteiger partial charge in [0.1, 0.15) is 5.60 Å². The van der Waals surface area contributed by atoms with E-state index < -0.39 is 11.7 Å². The van der Waals surface area contributed by atoms with Crippen LogP contribution in [-0.2, 0) is 4.74 Å². The Hall–Kier alpha value is -0.810. The monoisotopic (exact) mass is 259 g/mol. The molecule has 1 aliphatic heterocycles. The zero-order chi connectivity index (χ0) is 13.8. The third kappa shape index (κ3) is 4.46. The first kappa shape index (κ1) is 15.2. The predicted octanol–water partition coefficient (Wildman–Crippen LogP) is 1.52. The number of aliphatic hydroxyl groups excluding tert-OH is 2. The number of ether oxygens (including phenoxy) is 1. The van der Waals surface area contributed by atoms with Gasteiger partial charge in [0.05, 0.1) is 12.1 Å². The molecule has 1 saturated heterocycles. The summed E-state index contributed by atoms with van der Waals surface area (Å²) in [6.07, 6.45) is 1.83. The van der Waals surface area contributed by atoms with Gasteiger partial charge in [0.25, 0.3) is 0 Å². The van der Waals surface area contributed by atoms with Gasteiger partial charge in [-0.25, -0.2) is 4.79 Å². The Labute approximate surface area is 109 Å². The lowest BCUT2D eigenvalue weighted by molar-refractivity contribution is 0.00302. The van der Waals surface area contributed by atoms with Crippen LogP contribution in [0.1, 0.15) is 46.5 Å². The summed E-state index contributed by atoms with van der Waals surface area (Å²) in [4.78, 5) is 13.6. The van der Waals surface area contributed by atoms with Gasteiger partial charge in [0.2, 0.25) is 0 Å². The van der Waals surface area contributed by atoms with Gasteiger partial charge in [-0.1, -0.05) is 0 Å². The molecule has 18 heavy (non-hydrogen) atoms. The minimum atomic E-state index is -0.577. The summed E-state index contributed by atoms with van der Waals surface area (Å²) in [7, 11) is 0. The van der Waals surface area contributed by atoms with Gasteiger partial charge in [0.15, 0.2) is 0 Å². The standard InChI is InChI=1S/C13H25NO4/c1-13(2,3)18-12(17)14-8-4-6-10(14)11(16)7-5-9-15/h10-11,15-16H,4-9H2,1-3H3/t10-,11+/m0/s1. The molecule has 1 rings (SSSR count). The van der Waals surface area contributed by atoms with Crippen LogP contribution in [0.4, 0.5) is 4.79 Å². The van der Waals surface area contributed by atoms with E-state index in [4.69, 9.17) is 9.84 Å². The number of carbonyl (C=O) groups is 1. The zero-order valence-corrected chi connectivity index (χ0v) is 11.6. The van der Waals surface area contributed by atoms with Gasteiger partial charge in [-0.15, -0.1) is 0 Å². The number of likely N-dealkylation sites (tertiary alicyclic amines) is 1. The summed E-state index contributed by atoms with van der Waals surface area (Å²) in [5.74, 6) is 0. The number of aliphatic hydroxyl groups is 2. The highest BCUT2D eigenvalue weighted by Crippen LogP contribution is 2.24. The van der Waals surface area contributed by atoms with Crippen LogP contribution in [0.2, 0.25) is 0 Å². The summed E-state index contributed by atoms with van der Waals surface area (Å²) in [6, 6.07) is -0.175. The van der Waals surface area contributed by atoms with Crippen molar-refractivity contribution in [2.75, 3.05) is 13.2 Å². The van der Waals surface area contributed by atoms with Crippen molar-refractivity contribution < 1.29 is 19.7 Å². The molecule has 1 aliphatic rings. The van der Waals surface area contributed by atoms with E-state index in [1.807, 2.05) is 20.8 Å². The fourth-order valence-electron chi connectivity index (χ4n) is 2.23. The Morgan fingerprint density at radius 3 is 2.72 bits per heavy atom. The summed E-state index contributed by atoms with van der Waals surface area (Å²) < 4.78 is 5.33. The largest absolute Gasteiger partial charge is 0.444 e. The maximum atomic E-state index is 12.0. The molecule has 0 unspecified atom stereocenters. The van der Waals surface area contributed by atoms with Crippen LogP contribution in [-0.4, -0.2) is 52.1 Å². The van der Waals surface area contributed by atoms with E-state index in [9.17, 15) is 9.90 Å². The van der Waals surface area contributed by atoms with Gasteiger partial charge < -0.3 is 19.8 Å². The molecule has 106 valence electrons. The quantitative estimate of drug-likeness (QED) is 0.803. The van der Waals surface area contributed by atoms with Crippen LogP contribution in [0.25, 0.3) is 0 Å². The SMILES string of the molecule is CC(C)(C)OC(=O)N1CCC[C@H]1[C@H](O)CCCO. The average molecular weight is 259 g/mol. The third-order valence-electron chi connectivity index (χ3n) is 3.03. The highest BCUT2D eigenvalue weighted by molar-refractivity contribution is 5.69. The van der Waals surface area contributed by atoms with E-state index in [2.05, 4.69) is 0 Å². The summed E-state index contributed by atoms with van der Waals surface area (Å²) in [6.45, 7) is 6.19. The topological polar surface area (TPSA) is 70.0 Å². The third-order valence-corrected chi connectivity index (χ3v) is 3.03. The smallest absolute Gasteiger partial charge is 0.410 e. The summed E-state index contributed by atoms with van der Waals surface area (Å²) >= 11 is 0. The number of rotatable bonds is 4. The Bertz CT molecular complexity index is 275. The molecule has 0 aromatic carbocycles. The molecular weight excluding hydrogens is 234 g/mol. The second-order valence-corrected chi connectivity index (χ2v) is 5.82. The fourth-order valence-corrected chi connectivity index (χ4v) is 2.23. The molecule has 0 aliphatic carbocycles. The van der Waals surface area contributed by atoms with Crippen LogP contribution >= 0.6 is 0 Å². The molecule has 0 spiro atoms. The second-order valence-electron chi connectivity index (χ2n) is 5.82. The zero-order valence-electron chi connectivity index (χ0n) is 11.6. The first-order valence-electron chi connectivity index (χ1n) is 6.63. The van der Waals surface area contributed by atoms with Gasteiger partial charge in [-0.3, -0.25) is 0 Å². The lowest BCUT2D eigenvalue weighted by Gasteiger charge is -2.31. The van der Waals surface area contributed by atoms with Crippen LogP contribution < -0.4 is 0 Å². The number of carbonyl (C=O) groups excluding carboxylic acids is 1. The average Bonchev–Trinajstić information content (AvgIpc) is 2.72. The van der Waals surface area contributed by atoms with Crippen LogP contribution in [0.15, 0.2) is 0 Å². The predicted molar refractivity (Wildman–Crippen MR) is 68.3 cm³/mol. The van der Waals surface area contributed by atoms with Gasteiger partial charge in [-0.2, -0.15) is 0 Å². The van der Waals surface area contributed by atoms with E-state index in [1.165, 1.54) is 0 Å². The number of nitrogens with zero attached hydrogens (tertiary/aromatic N) is 1. The summed E-state index contributed by atoms with van der Waals surface area (Å²) in [5.41, 5.74) is -0.514. The van der Waals surface area contributed by atoms with E-state index in [0.29, 0.717) is 19.4 Å². The number of amides is 1. The molecule has 5 heteroatoms. The van der Waals surface area contributed by atoms with Gasteiger partial charge >= 0.3 is 6.09 Å². The number of hydrogen-bond donors (Lipinski definition) is 2. The van der Waals surface area contributed by atoms with Crippen molar-refractivity contribution in [3.05, 3.63) is 0 Å². The maximum Gasteiger partial charge on any atom is 0.410 e. The van der Waals surface area contributed by atoms with Crippen molar-refractivity contribution in [2.45, 2.75) is 64.2 Å². The normalized spacial score (nSPS) is 22.1. The van der Waals surface area contributed by atoms with Gasteiger partial charge in [0, 0.05) is 13.2 Å². The minimum absolute atomic E-state index is 0.0657. The first-order valence-corrected chi connectivity index (χ1v) is 6.63. The van der Waals surface area contributed by atoms with Crippen molar-refractivity contribution in [1.29, 1.82) is 0 Å². The lowest BCUT2D eigenvalue weighted by Crippen LogP contribution is -2.45. The highest BCUT2D eigenvalue weighted by atomic mass is 16.6. The minimum Gasteiger partial charge on any atom is -0.444 e. The molecule has 0 aromatic heterocycles. The lowest BCUT2D eigenvalue weighted by atomic mass is 10.0. The fraction of sp³-hybridized carbons (Fsp3) is 0.923. The summed E-state index contributed by atoms with van der Waals surface area (Å²) in [5, 5.41) is 18.8. The Morgan fingerprint density at radius 2 is 2.17 bits per heavy atom. The Kier molecular flexibility index (Phi) is 5.41. The van der Waals surface area contributed by atoms with Crippen molar-refractivity contribution in [3.63, 3.8) is 0 Å². The molecule has 0 saturated carbocycles. The van der Waals surface area contributed by atoms with Crippen LogP contribution in [0.3, 0.4) is 0 Å². The van der Waals surface area contributed by atoms with Crippen LogP contribution in [0, 0.1) is 0 Å². The van der Waals surface area contributed by atoms with Crippen molar-refractivity contribution >= 4 is 6.09 Å². The van der Waals surface area contributed by atoms with Crippen molar-refractivity contribution in [3.8, 4) is 0 Å². The number of hydrogen-bond acceptors (Lipinski definition) is 4. The molecule has 1 heterocycles. The first-order chi connectivity index (χ1) is 8.35. The van der Waals surface area contributed by atoms with Crippen molar-refractivity contribution in [1.82, 2.24) is 4.90 Å². The molecular formula is C13H25NO4. The van der Waals surface area contributed by atoms with E-state index in [-0.39, 0.29) is 18.7 Å². The Balaban J connectivity index is 2.56. The second kappa shape index (κ2) is 6.38. The molecule has 2 atom stereocenters. The highest BCUT2D eigenvalue weighted by Gasteiger charge is 2.35. The molecule has 0 aromatic rings. The Morgan fingerprint density at radius 1 is 1.50 bits per heavy atom. The van der Waals surface area contributed by atoms with Gasteiger partial charge in [-0.05, 0) is 46.5 Å². The van der Waals surface area contributed by atoms with E-state index in [0.717, 1.165) is 12.8 Å². The van der Waals surface area contributed by atoms with E-state index in [1.54, 1.807) is 4.90 Å². The molecule has 1 fully saturated rings. The molecule has 2 N–H and O–H groups in total. The maximum absolute atomic E-state index is 12.0. The van der Waals surface area contributed by atoms with Crippen molar-refractivity contribution in [2.24, 2.45) is 0 Å². The molecule has 0 bridgehead atoms. The molecule has 1 amide bonds.